The molecule has 4 saturated heterocycles. The molecule has 9 heteroatoms. The van der Waals surface area contributed by atoms with Gasteiger partial charge < -0.3 is 0 Å². The molecule has 0 N–H and O–H groups in total. The number of ketones is 1. The van der Waals surface area contributed by atoms with E-state index in [0.717, 1.165) is 23.3 Å². The van der Waals surface area contributed by atoms with Crippen molar-refractivity contribution >= 4 is 40.2 Å². The second-order valence-corrected chi connectivity index (χ2v) is 20.9. The number of nitrogens with zero attached hydrogens (tertiary/aromatic N) is 2. The standard InChI is InChI=1S/C13H10O3.2C10H17NO.2Ga/c14-11-5-1-9(2-6-11)13(16)10-3-7-12(15)8-4-10;2*1-7-5-6-8-3-2-4-9(12)10(8)11-7;;/h1-8,14-15H;2*7-10H,2-6H2,1H3;;/q;2*-2;2*+3/p-2. The number of benzene rings is 2. The fourth-order valence-electron chi connectivity index (χ4n) is 9.13. The van der Waals surface area contributed by atoms with Crippen molar-refractivity contribution in [3.05, 3.63) is 59.7 Å². The zero-order valence-corrected chi connectivity index (χ0v) is 29.7. The first-order valence-corrected chi connectivity index (χ1v) is 22.6. The predicted molar refractivity (Wildman–Crippen MR) is 162 cm³/mol. The molecule has 2 aromatic carbocycles. The van der Waals surface area contributed by atoms with Crippen molar-refractivity contribution in [3.63, 3.8) is 0 Å². The fourth-order valence-corrected chi connectivity index (χ4v) is 20.0. The second kappa shape index (κ2) is 11.6. The molecule has 8 unspecified atom stereocenters. The van der Waals surface area contributed by atoms with Gasteiger partial charge in [0.1, 0.15) is 0 Å². The van der Waals surface area contributed by atoms with Crippen LogP contribution in [0.1, 0.15) is 94.0 Å². The molecule has 6 fully saturated rings. The summed E-state index contributed by atoms with van der Waals surface area (Å²) in [5, 5.41) is 0. The molecule has 42 heavy (non-hydrogen) atoms. The average Bonchev–Trinajstić information content (AvgIpc) is 3.57. The Morgan fingerprint density at radius 3 is 1.50 bits per heavy atom. The number of hydrogen-bond acceptors (Lipinski definition) is 7. The Bertz CT molecular complexity index is 1200. The first-order valence-electron chi connectivity index (χ1n) is 16.5. The molecule has 0 amide bonds. The van der Waals surface area contributed by atoms with Crippen LogP contribution in [0.25, 0.3) is 0 Å². The maximum atomic E-state index is 13.3. The Morgan fingerprint density at radius 1 is 0.643 bits per heavy atom. The fraction of sp³-hybridized carbons (Fsp3) is 0.606. The van der Waals surface area contributed by atoms with Crippen molar-refractivity contribution in [1.29, 1.82) is 0 Å². The van der Waals surface area contributed by atoms with Gasteiger partial charge in [0.2, 0.25) is 0 Å². The minimum atomic E-state index is -2.57. The van der Waals surface area contributed by atoms with Crippen LogP contribution in [-0.2, 0) is 7.06 Å². The van der Waals surface area contributed by atoms with Gasteiger partial charge in [-0.1, -0.05) is 0 Å². The van der Waals surface area contributed by atoms with E-state index in [4.69, 9.17) is 14.1 Å². The van der Waals surface area contributed by atoms with Crippen molar-refractivity contribution in [3.8, 4) is 11.5 Å². The summed E-state index contributed by atoms with van der Waals surface area (Å²) in [7, 11) is 0. The monoisotopic (exact) mass is 684 g/mol. The minimum absolute atomic E-state index is 0.0161. The molecular weight excluding hydrogens is 644 g/mol. The van der Waals surface area contributed by atoms with Crippen LogP contribution in [0, 0.1) is 11.8 Å². The zero-order valence-electron chi connectivity index (χ0n) is 24.9. The van der Waals surface area contributed by atoms with Crippen LogP contribution in [0.5, 0.6) is 11.5 Å². The predicted octanol–water partition coefficient (Wildman–Crippen LogP) is 5.75. The van der Waals surface area contributed by atoms with E-state index < -0.39 is 34.4 Å². The molecule has 2 aliphatic carbocycles. The van der Waals surface area contributed by atoms with Crippen molar-refractivity contribution in [2.75, 3.05) is 0 Å². The second-order valence-electron chi connectivity index (χ2n) is 13.7. The van der Waals surface area contributed by atoms with Gasteiger partial charge in [-0.3, -0.25) is 0 Å². The van der Waals surface area contributed by atoms with Gasteiger partial charge in [0.15, 0.2) is 0 Å². The Hall–Kier alpha value is -1.18. The number of piperidine rings is 2. The van der Waals surface area contributed by atoms with Crippen molar-refractivity contribution in [2.45, 2.75) is 114 Å². The number of hydrogen-bond donors (Lipinski definition) is 0. The summed E-state index contributed by atoms with van der Waals surface area (Å²) in [4.78, 5) is 13.3. The van der Waals surface area contributed by atoms with E-state index in [0.29, 0.717) is 47.5 Å². The van der Waals surface area contributed by atoms with Gasteiger partial charge in [0.05, 0.1) is 0 Å². The summed E-state index contributed by atoms with van der Waals surface area (Å²) in [6.45, 7) is 4.69. The summed E-state index contributed by atoms with van der Waals surface area (Å²) >= 11 is -5.14. The Balaban J connectivity index is 0.914. The summed E-state index contributed by atoms with van der Waals surface area (Å²) < 4.78 is 31.7. The molecule has 8 atom stereocenters. The van der Waals surface area contributed by atoms with Crippen LogP contribution in [0.2, 0.25) is 0 Å². The van der Waals surface area contributed by atoms with Crippen LogP contribution in [-0.4, -0.2) is 83.7 Å². The molecule has 2 saturated carbocycles. The van der Waals surface area contributed by atoms with Gasteiger partial charge in [0, 0.05) is 0 Å². The van der Waals surface area contributed by atoms with E-state index in [9.17, 15) is 4.79 Å². The molecule has 0 radical (unpaired) electrons. The molecule has 6 aliphatic rings. The molecule has 2 aromatic rings. The third-order valence-electron chi connectivity index (χ3n) is 11.2. The Labute approximate surface area is 262 Å². The van der Waals surface area contributed by atoms with Crippen LogP contribution >= 0.6 is 0 Å². The van der Waals surface area contributed by atoms with Crippen molar-refractivity contribution in [1.82, 2.24) is 7.21 Å². The maximum absolute atomic E-state index is 13.3. The Kier molecular flexibility index (Phi) is 7.84. The molecule has 7 nitrogen and oxygen atoms in total. The van der Waals surface area contributed by atoms with Crippen LogP contribution in [0.4, 0.5) is 0 Å². The molecule has 8 rings (SSSR count). The quantitative estimate of drug-likeness (QED) is 0.284. The first kappa shape index (κ1) is 28.3. The van der Waals surface area contributed by atoms with E-state index in [-0.39, 0.29) is 5.78 Å². The molecule has 4 aliphatic heterocycles. The van der Waals surface area contributed by atoms with Gasteiger partial charge in [-0.2, -0.15) is 0 Å². The summed E-state index contributed by atoms with van der Waals surface area (Å²) in [6.07, 6.45) is 13.4. The molecule has 0 bridgehead atoms. The number of carbonyl (C=O) groups is 1. The van der Waals surface area contributed by atoms with Crippen molar-refractivity contribution in [2.24, 2.45) is 11.8 Å². The molecule has 220 valence electrons. The molecule has 0 aromatic heterocycles. The SMILES string of the molecule is CC1CCC2CCCC3[O][Ga]([O]c4ccc(C(=O)c5ccc([O][Ga]6[O]C7CCCC8CCC(C)[N]6C87)cc5)cc4)[N]1C23. The van der Waals surface area contributed by atoms with E-state index in [1.54, 1.807) is 0 Å². The third kappa shape index (κ3) is 5.05. The topological polar surface area (TPSA) is 60.5 Å². The summed E-state index contributed by atoms with van der Waals surface area (Å²) in [6, 6.07) is 17.6. The van der Waals surface area contributed by atoms with Gasteiger partial charge >= 0.3 is 264 Å². The van der Waals surface area contributed by atoms with Gasteiger partial charge in [-0.25, -0.2) is 0 Å². The first-order chi connectivity index (χ1) is 20.5. The average molecular weight is 686 g/mol. The van der Waals surface area contributed by atoms with E-state index in [1.807, 2.05) is 48.5 Å². The van der Waals surface area contributed by atoms with E-state index >= 15 is 0 Å². The van der Waals surface area contributed by atoms with E-state index in [1.165, 1.54) is 64.2 Å². The Morgan fingerprint density at radius 2 is 1.07 bits per heavy atom. The normalized spacial score (nSPS) is 36.0. The summed E-state index contributed by atoms with van der Waals surface area (Å²) in [5.41, 5.74) is 1.34. The molecule has 0 spiro atoms. The van der Waals surface area contributed by atoms with Crippen LogP contribution in [0.15, 0.2) is 48.5 Å². The summed E-state index contributed by atoms with van der Waals surface area (Å²) in [5.74, 6) is 3.21. The van der Waals surface area contributed by atoms with Crippen LogP contribution in [0.3, 0.4) is 0 Å². The third-order valence-corrected chi connectivity index (χ3v) is 21.3. The van der Waals surface area contributed by atoms with Gasteiger partial charge in [-0.05, 0) is 0 Å². The van der Waals surface area contributed by atoms with E-state index in [2.05, 4.69) is 21.1 Å². The van der Waals surface area contributed by atoms with Gasteiger partial charge in [-0.15, -0.1) is 0 Å². The molecule has 4 heterocycles. The van der Waals surface area contributed by atoms with Crippen LogP contribution < -0.4 is 7.06 Å². The zero-order chi connectivity index (χ0) is 28.4. The van der Waals surface area contributed by atoms with Gasteiger partial charge in [0.25, 0.3) is 0 Å². The number of carbonyl (C=O) groups excluding carboxylic acids is 1. The molecular formula is C33H42Ga2N2O5. The number of rotatable bonds is 6. The van der Waals surface area contributed by atoms with Crippen molar-refractivity contribution < 1.29 is 18.9 Å².